The molecule has 0 radical (unpaired) electrons. The molecular formula is C43H76NO10P. The molecule has 0 bridgehead atoms. The molecule has 55 heavy (non-hydrogen) atoms. The van der Waals surface area contributed by atoms with Crippen molar-refractivity contribution in [2.75, 3.05) is 19.8 Å². The van der Waals surface area contributed by atoms with Gasteiger partial charge in [0.25, 0.3) is 0 Å². The van der Waals surface area contributed by atoms with E-state index < -0.39 is 51.1 Å². The number of hydrogen-bond acceptors (Lipinski definition) is 9. The average Bonchev–Trinajstić information content (AvgIpc) is 3.16. The van der Waals surface area contributed by atoms with Gasteiger partial charge in [-0.2, -0.15) is 0 Å². The molecule has 0 spiro atoms. The molecule has 0 saturated heterocycles. The van der Waals surface area contributed by atoms with Crippen LogP contribution in [0, 0.1) is 0 Å². The van der Waals surface area contributed by atoms with Gasteiger partial charge in [0, 0.05) is 12.8 Å². The van der Waals surface area contributed by atoms with E-state index in [0.29, 0.717) is 12.8 Å². The van der Waals surface area contributed by atoms with Gasteiger partial charge in [-0.15, -0.1) is 0 Å². The van der Waals surface area contributed by atoms with Crippen molar-refractivity contribution in [2.24, 2.45) is 5.73 Å². The van der Waals surface area contributed by atoms with Crippen LogP contribution < -0.4 is 5.73 Å². The van der Waals surface area contributed by atoms with E-state index in [0.717, 1.165) is 89.9 Å². The second-order valence-electron chi connectivity index (χ2n) is 14.1. The summed E-state index contributed by atoms with van der Waals surface area (Å²) in [4.78, 5) is 45.9. The Hall–Kier alpha value is -2.56. The Morgan fingerprint density at radius 2 is 1.02 bits per heavy atom. The summed E-state index contributed by atoms with van der Waals surface area (Å²) in [6, 6.07) is -1.53. The van der Waals surface area contributed by atoms with Gasteiger partial charge in [-0.25, -0.2) is 4.57 Å². The lowest BCUT2D eigenvalue weighted by Gasteiger charge is -2.20. The highest BCUT2D eigenvalue weighted by Crippen LogP contribution is 2.43. The van der Waals surface area contributed by atoms with Crippen LogP contribution in [0.1, 0.15) is 174 Å². The molecule has 3 atom stereocenters. The summed E-state index contributed by atoms with van der Waals surface area (Å²) in [5, 5.41) is 8.88. The molecule has 0 aromatic rings. The average molecular weight is 798 g/mol. The largest absolute Gasteiger partial charge is 0.480 e. The summed E-state index contributed by atoms with van der Waals surface area (Å²) in [5.74, 6) is -2.41. The van der Waals surface area contributed by atoms with Gasteiger partial charge < -0.3 is 25.2 Å². The molecule has 0 aromatic heterocycles. The summed E-state index contributed by atoms with van der Waals surface area (Å²) in [6.07, 6.45) is 41.7. The molecule has 318 valence electrons. The molecule has 0 aliphatic carbocycles. The molecule has 4 N–H and O–H groups in total. The molecule has 0 rings (SSSR count). The van der Waals surface area contributed by atoms with Crippen LogP contribution in [0.2, 0.25) is 0 Å². The topological polar surface area (TPSA) is 172 Å². The number of carbonyl (C=O) groups excluding carboxylic acids is 2. The zero-order valence-corrected chi connectivity index (χ0v) is 35.2. The second-order valence-corrected chi connectivity index (χ2v) is 15.5. The van der Waals surface area contributed by atoms with Crippen LogP contribution in [0.25, 0.3) is 0 Å². The van der Waals surface area contributed by atoms with Gasteiger partial charge in [-0.1, -0.05) is 140 Å². The van der Waals surface area contributed by atoms with Crippen molar-refractivity contribution in [3.05, 3.63) is 48.6 Å². The number of aliphatic carboxylic acids is 1. The van der Waals surface area contributed by atoms with E-state index in [1.807, 2.05) is 0 Å². The van der Waals surface area contributed by atoms with Gasteiger partial charge in [0.1, 0.15) is 12.6 Å². The number of phosphoric acid groups is 1. The maximum Gasteiger partial charge on any atom is 0.472 e. The van der Waals surface area contributed by atoms with Crippen molar-refractivity contribution < 1.29 is 47.5 Å². The summed E-state index contributed by atoms with van der Waals surface area (Å²) in [5.41, 5.74) is 5.33. The Morgan fingerprint density at radius 3 is 1.55 bits per heavy atom. The summed E-state index contributed by atoms with van der Waals surface area (Å²) < 4.78 is 32.6. The molecule has 0 aliphatic rings. The predicted molar refractivity (Wildman–Crippen MR) is 222 cm³/mol. The molecule has 0 amide bonds. The number of carboxylic acid groups (broad SMARTS) is 1. The number of allylic oxidation sites excluding steroid dienone is 8. The fraction of sp³-hybridized carbons (Fsp3) is 0.744. The monoisotopic (exact) mass is 798 g/mol. The van der Waals surface area contributed by atoms with Crippen molar-refractivity contribution in [3.63, 3.8) is 0 Å². The van der Waals surface area contributed by atoms with Crippen LogP contribution in [0.5, 0.6) is 0 Å². The minimum absolute atomic E-state index is 0.146. The number of nitrogens with two attached hydrogens (primary N) is 1. The van der Waals surface area contributed by atoms with Crippen molar-refractivity contribution in [1.82, 2.24) is 0 Å². The Labute approximate surface area is 333 Å². The van der Waals surface area contributed by atoms with Gasteiger partial charge in [-0.3, -0.25) is 23.4 Å². The molecule has 0 saturated carbocycles. The SMILES string of the molecule is CC/C=C\C/C=C\C/C=C\CCCCCCCC(=O)OC[C@H](COP(=O)(O)OC[C@H](N)C(=O)O)OC(=O)CCCCCCC/C=C\CCCCCCCCC. The number of hydrogen-bond donors (Lipinski definition) is 3. The molecular weight excluding hydrogens is 721 g/mol. The van der Waals surface area contributed by atoms with Gasteiger partial charge in [0.15, 0.2) is 6.10 Å². The van der Waals surface area contributed by atoms with Gasteiger partial charge >= 0.3 is 25.7 Å². The van der Waals surface area contributed by atoms with Crippen LogP contribution in [0.3, 0.4) is 0 Å². The van der Waals surface area contributed by atoms with Crippen LogP contribution in [-0.2, 0) is 37.5 Å². The standard InChI is InChI=1S/C43H76NO10P/c1-3-5-7-9-11-13-15-17-19-21-23-25-27-29-31-33-35-42(46)54-39(37-52-55(49,50)53-38-40(44)43(47)48)36-51-41(45)34-32-30-28-26-24-22-20-18-16-14-12-10-8-6-4-2/h6,8,12,14,18-21,39-40H,3-5,7,9-11,13,15-17,22-38,44H2,1-2H3,(H,47,48)(H,49,50)/b8-6-,14-12-,20-18-,21-19-/t39-,40+/m1/s1. The third-order valence-corrected chi connectivity index (χ3v) is 9.76. The quantitative estimate of drug-likeness (QED) is 0.0234. The smallest absolute Gasteiger partial charge is 0.472 e. The number of carboxylic acids is 1. The fourth-order valence-corrected chi connectivity index (χ4v) is 6.26. The summed E-state index contributed by atoms with van der Waals surface area (Å²) in [6.45, 7) is 2.65. The molecule has 0 aromatic carbocycles. The van der Waals surface area contributed by atoms with E-state index in [1.165, 1.54) is 44.9 Å². The minimum atomic E-state index is -4.72. The van der Waals surface area contributed by atoms with Crippen LogP contribution in [0.4, 0.5) is 0 Å². The normalized spacial score (nSPS) is 14.3. The van der Waals surface area contributed by atoms with E-state index in [-0.39, 0.29) is 19.4 Å². The van der Waals surface area contributed by atoms with E-state index >= 15 is 0 Å². The summed E-state index contributed by atoms with van der Waals surface area (Å²) >= 11 is 0. The first kappa shape index (κ1) is 52.4. The predicted octanol–water partition coefficient (Wildman–Crippen LogP) is 11.0. The zero-order chi connectivity index (χ0) is 40.7. The number of esters is 2. The number of unbranched alkanes of at least 4 members (excludes halogenated alkanes) is 17. The van der Waals surface area contributed by atoms with Gasteiger partial charge in [-0.05, 0) is 70.6 Å². The molecule has 12 heteroatoms. The van der Waals surface area contributed by atoms with Crippen molar-refractivity contribution in [2.45, 2.75) is 187 Å². The second kappa shape index (κ2) is 38.3. The summed E-state index contributed by atoms with van der Waals surface area (Å²) in [7, 11) is -4.72. The molecule has 0 fully saturated rings. The van der Waals surface area contributed by atoms with Crippen molar-refractivity contribution in [3.8, 4) is 0 Å². The van der Waals surface area contributed by atoms with E-state index in [4.69, 9.17) is 24.8 Å². The highest BCUT2D eigenvalue weighted by atomic mass is 31.2. The fourth-order valence-electron chi connectivity index (χ4n) is 5.48. The first-order valence-electron chi connectivity index (χ1n) is 21.2. The maximum absolute atomic E-state index is 12.6. The first-order chi connectivity index (χ1) is 26.6. The van der Waals surface area contributed by atoms with Crippen LogP contribution >= 0.6 is 7.82 Å². The third-order valence-electron chi connectivity index (χ3n) is 8.81. The Kier molecular flexibility index (Phi) is 36.5. The van der Waals surface area contributed by atoms with E-state index in [9.17, 15) is 23.8 Å². The Morgan fingerprint density at radius 1 is 0.582 bits per heavy atom. The minimum Gasteiger partial charge on any atom is -0.480 e. The van der Waals surface area contributed by atoms with Crippen molar-refractivity contribution >= 4 is 25.7 Å². The van der Waals surface area contributed by atoms with E-state index in [1.54, 1.807) is 0 Å². The molecule has 11 nitrogen and oxygen atoms in total. The lowest BCUT2D eigenvalue weighted by atomic mass is 10.1. The van der Waals surface area contributed by atoms with E-state index in [2.05, 4.69) is 67.0 Å². The maximum atomic E-state index is 12.6. The zero-order valence-electron chi connectivity index (χ0n) is 34.3. The molecule has 1 unspecified atom stereocenters. The number of ether oxygens (including phenoxy) is 2. The lowest BCUT2D eigenvalue weighted by Crippen LogP contribution is -2.34. The van der Waals surface area contributed by atoms with Gasteiger partial charge in [0.2, 0.25) is 0 Å². The third kappa shape index (κ3) is 38.1. The first-order valence-corrected chi connectivity index (χ1v) is 22.7. The lowest BCUT2D eigenvalue weighted by molar-refractivity contribution is -0.161. The van der Waals surface area contributed by atoms with Crippen LogP contribution in [-0.4, -0.2) is 59.9 Å². The highest BCUT2D eigenvalue weighted by molar-refractivity contribution is 7.47. The molecule has 0 aliphatic heterocycles. The Bertz CT molecular complexity index is 1120. The van der Waals surface area contributed by atoms with Crippen molar-refractivity contribution in [1.29, 1.82) is 0 Å². The number of phosphoric ester groups is 1. The van der Waals surface area contributed by atoms with Crippen LogP contribution in [0.15, 0.2) is 48.6 Å². The molecule has 0 heterocycles. The number of rotatable bonds is 39. The Balaban J connectivity index is 4.42. The highest BCUT2D eigenvalue weighted by Gasteiger charge is 2.28. The van der Waals surface area contributed by atoms with Gasteiger partial charge in [0.05, 0.1) is 13.2 Å². The number of carbonyl (C=O) groups is 3.